The number of aryl methyl sites for hydroxylation is 1. The molecule has 1 saturated heterocycles. The summed E-state index contributed by atoms with van der Waals surface area (Å²) in [5.41, 5.74) is 2.90. The minimum absolute atomic E-state index is 0.775. The van der Waals surface area contributed by atoms with Crippen LogP contribution in [0.2, 0.25) is 5.02 Å². The first-order valence-electron chi connectivity index (χ1n) is 7.63. The van der Waals surface area contributed by atoms with Gasteiger partial charge >= 0.3 is 0 Å². The lowest BCUT2D eigenvalue weighted by Crippen LogP contribution is -2.46. The number of fused-ring (bicyclic) bond motifs is 1. The van der Waals surface area contributed by atoms with Crippen molar-refractivity contribution in [2.24, 2.45) is 0 Å². The molecule has 4 rings (SSSR count). The molecule has 0 spiro atoms. The SMILES string of the molecule is Cc1n[nH]c2ncnc(N3CCN(c4cccc(Cl)c4)CC3)c12. The van der Waals surface area contributed by atoms with Gasteiger partial charge in [-0.05, 0) is 25.1 Å². The third-order valence-corrected chi connectivity index (χ3v) is 4.51. The summed E-state index contributed by atoms with van der Waals surface area (Å²) in [6, 6.07) is 8.01. The van der Waals surface area contributed by atoms with Gasteiger partial charge in [-0.25, -0.2) is 9.97 Å². The standard InChI is InChI=1S/C16H17ClN6/c1-11-14-15(21-20-11)18-10-19-16(14)23-7-5-22(6-8-23)13-4-2-3-12(17)9-13/h2-4,9-10H,5-8H2,1H3,(H,18,19,20,21). The van der Waals surface area contributed by atoms with Crippen LogP contribution in [0.5, 0.6) is 0 Å². The van der Waals surface area contributed by atoms with Gasteiger partial charge in [0.1, 0.15) is 12.1 Å². The second-order valence-corrected chi connectivity index (χ2v) is 6.12. The molecule has 6 nitrogen and oxygen atoms in total. The summed E-state index contributed by atoms with van der Waals surface area (Å²) < 4.78 is 0. The van der Waals surface area contributed by atoms with Crippen molar-refractivity contribution in [3.05, 3.63) is 41.3 Å². The fourth-order valence-electron chi connectivity index (χ4n) is 3.08. The fraction of sp³-hybridized carbons (Fsp3) is 0.312. The molecular weight excluding hydrogens is 312 g/mol. The van der Waals surface area contributed by atoms with Crippen LogP contribution in [-0.4, -0.2) is 46.3 Å². The van der Waals surface area contributed by atoms with Crippen LogP contribution in [-0.2, 0) is 0 Å². The van der Waals surface area contributed by atoms with Crippen LogP contribution in [0.4, 0.5) is 11.5 Å². The van der Waals surface area contributed by atoms with Gasteiger partial charge < -0.3 is 9.80 Å². The zero-order valence-electron chi connectivity index (χ0n) is 12.8. The van der Waals surface area contributed by atoms with Gasteiger partial charge in [0, 0.05) is 36.9 Å². The number of nitrogens with zero attached hydrogens (tertiary/aromatic N) is 5. The van der Waals surface area contributed by atoms with Crippen molar-refractivity contribution in [2.75, 3.05) is 36.0 Å². The van der Waals surface area contributed by atoms with Crippen LogP contribution in [0.25, 0.3) is 11.0 Å². The lowest BCUT2D eigenvalue weighted by molar-refractivity contribution is 0.649. The Morgan fingerprint density at radius 3 is 2.65 bits per heavy atom. The van der Waals surface area contributed by atoms with E-state index in [4.69, 9.17) is 11.6 Å². The average Bonchev–Trinajstić information content (AvgIpc) is 2.97. The quantitative estimate of drug-likeness (QED) is 0.783. The molecule has 7 heteroatoms. The van der Waals surface area contributed by atoms with Crippen molar-refractivity contribution in [3.63, 3.8) is 0 Å². The minimum atomic E-state index is 0.775. The van der Waals surface area contributed by atoms with Gasteiger partial charge in [-0.15, -0.1) is 0 Å². The molecule has 1 aliphatic heterocycles. The van der Waals surface area contributed by atoms with Gasteiger partial charge in [-0.3, -0.25) is 5.10 Å². The zero-order chi connectivity index (χ0) is 15.8. The molecule has 1 aliphatic rings. The molecule has 0 aliphatic carbocycles. The summed E-state index contributed by atoms with van der Waals surface area (Å²) >= 11 is 6.09. The van der Waals surface area contributed by atoms with Gasteiger partial charge in [0.25, 0.3) is 0 Å². The topological polar surface area (TPSA) is 60.9 Å². The number of hydrogen-bond donors (Lipinski definition) is 1. The Kier molecular flexibility index (Phi) is 3.53. The smallest absolute Gasteiger partial charge is 0.160 e. The number of nitrogens with one attached hydrogen (secondary N) is 1. The van der Waals surface area contributed by atoms with E-state index in [0.717, 1.165) is 53.7 Å². The number of halogens is 1. The molecule has 0 radical (unpaired) electrons. The van der Waals surface area contributed by atoms with E-state index in [1.807, 2.05) is 25.1 Å². The highest BCUT2D eigenvalue weighted by Gasteiger charge is 2.21. The largest absolute Gasteiger partial charge is 0.368 e. The normalized spacial score (nSPS) is 15.4. The average molecular weight is 329 g/mol. The van der Waals surface area contributed by atoms with Crippen molar-refractivity contribution in [1.82, 2.24) is 20.2 Å². The maximum Gasteiger partial charge on any atom is 0.160 e. The van der Waals surface area contributed by atoms with E-state index in [9.17, 15) is 0 Å². The van der Waals surface area contributed by atoms with Crippen molar-refractivity contribution in [2.45, 2.75) is 6.92 Å². The monoisotopic (exact) mass is 328 g/mol. The predicted molar refractivity (Wildman–Crippen MR) is 92.3 cm³/mol. The summed E-state index contributed by atoms with van der Waals surface area (Å²) in [6.45, 7) is 5.66. The zero-order valence-corrected chi connectivity index (χ0v) is 13.6. The number of aromatic amines is 1. The molecule has 0 unspecified atom stereocenters. The van der Waals surface area contributed by atoms with Crippen molar-refractivity contribution < 1.29 is 0 Å². The molecule has 0 atom stereocenters. The lowest BCUT2D eigenvalue weighted by Gasteiger charge is -2.37. The number of aromatic nitrogens is 4. The van der Waals surface area contributed by atoms with Crippen molar-refractivity contribution >= 4 is 34.1 Å². The molecule has 1 aromatic carbocycles. The molecule has 0 bridgehead atoms. The number of benzene rings is 1. The molecule has 0 saturated carbocycles. The van der Waals surface area contributed by atoms with Crippen LogP contribution < -0.4 is 9.80 Å². The van der Waals surface area contributed by atoms with Crippen LogP contribution >= 0.6 is 11.6 Å². The molecule has 1 N–H and O–H groups in total. The third kappa shape index (κ3) is 2.59. The maximum absolute atomic E-state index is 6.09. The summed E-state index contributed by atoms with van der Waals surface area (Å²) in [6.07, 6.45) is 1.60. The highest BCUT2D eigenvalue weighted by molar-refractivity contribution is 6.30. The predicted octanol–water partition coefficient (Wildman–Crippen LogP) is 2.64. The first-order valence-corrected chi connectivity index (χ1v) is 8.01. The number of hydrogen-bond acceptors (Lipinski definition) is 5. The molecule has 2 aromatic heterocycles. The minimum Gasteiger partial charge on any atom is -0.368 e. The van der Waals surface area contributed by atoms with E-state index in [1.54, 1.807) is 6.33 Å². The number of H-pyrrole nitrogens is 1. The van der Waals surface area contributed by atoms with Gasteiger partial charge in [-0.2, -0.15) is 5.10 Å². The Hall–Kier alpha value is -2.34. The van der Waals surface area contributed by atoms with Crippen LogP contribution in [0, 0.1) is 6.92 Å². The Morgan fingerprint density at radius 1 is 1.09 bits per heavy atom. The second-order valence-electron chi connectivity index (χ2n) is 5.68. The number of anilines is 2. The number of piperazine rings is 1. The molecular formula is C16H17ClN6. The summed E-state index contributed by atoms with van der Waals surface area (Å²) in [7, 11) is 0. The van der Waals surface area contributed by atoms with E-state index in [2.05, 4.69) is 36.0 Å². The fourth-order valence-corrected chi connectivity index (χ4v) is 3.26. The lowest BCUT2D eigenvalue weighted by atomic mass is 10.2. The van der Waals surface area contributed by atoms with Crippen molar-refractivity contribution in [1.29, 1.82) is 0 Å². The van der Waals surface area contributed by atoms with Gasteiger partial charge in [0.15, 0.2) is 5.65 Å². The molecule has 118 valence electrons. The van der Waals surface area contributed by atoms with Crippen molar-refractivity contribution in [3.8, 4) is 0 Å². The molecule has 23 heavy (non-hydrogen) atoms. The molecule has 3 heterocycles. The maximum atomic E-state index is 6.09. The number of rotatable bonds is 2. The second kappa shape index (κ2) is 5.70. The Bertz CT molecular complexity index is 837. The van der Waals surface area contributed by atoms with Gasteiger partial charge in [0.05, 0.1) is 11.1 Å². The first-order chi connectivity index (χ1) is 11.2. The summed E-state index contributed by atoms with van der Waals surface area (Å²) in [5, 5.41) is 8.99. The van der Waals surface area contributed by atoms with E-state index >= 15 is 0 Å². The first kappa shape index (κ1) is 14.3. The Labute approximate surface area is 139 Å². The van der Waals surface area contributed by atoms with Crippen LogP contribution in [0.1, 0.15) is 5.69 Å². The highest BCUT2D eigenvalue weighted by atomic mass is 35.5. The third-order valence-electron chi connectivity index (χ3n) is 4.27. The van der Waals surface area contributed by atoms with E-state index in [-0.39, 0.29) is 0 Å². The van der Waals surface area contributed by atoms with Crippen LogP contribution in [0.15, 0.2) is 30.6 Å². The highest BCUT2D eigenvalue weighted by Crippen LogP contribution is 2.27. The van der Waals surface area contributed by atoms with E-state index in [0.29, 0.717) is 0 Å². The van der Waals surface area contributed by atoms with Crippen LogP contribution in [0.3, 0.4) is 0 Å². The van der Waals surface area contributed by atoms with Gasteiger partial charge in [0.2, 0.25) is 0 Å². The molecule has 0 amide bonds. The van der Waals surface area contributed by atoms with E-state index in [1.165, 1.54) is 5.69 Å². The molecule has 3 aromatic rings. The van der Waals surface area contributed by atoms with Gasteiger partial charge in [-0.1, -0.05) is 17.7 Å². The van der Waals surface area contributed by atoms with E-state index < -0.39 is 0 Å². The Morgan fingerprint density at radius 2 is 1.87 bits per heavy atom. The summed E-state index contributed by atoms with van der Waals surface area (Å²) in [4.78, 5) is 13.4. The summed E-state index contributed by atoms with van der Waals surface area (Å²) in [5.74, 6) is 0.965. The molecule has 1 fully saturated rings. The Balaban J connectivity index is 1.56.